The third-order valence-corrected chi connectivity index (χ3v) is 4.22. The van der Waals surface area contributed by atoms with Crippen LogP contribution in [0.1, 0.15) is 11.1 Å². The van der Waals surface area contributed by atoms with Crippen molar-refractivity contribution < 1.29 is 14.2 Å². The molecule has 4 nitrogen and oxygen atoms in total. The second-order valence-corrected chi connectivity index (χ2v) is 5.88. The van der Waals surface area contributed by atoms with Crippen LogP contribution in [0.3, 0.4) is 0 Å². The van der Waals surface area contributed by atoms with Gasteiger partial charge in [-0.2, -0.15) is 0 Å². The Morgan fingerprint density at radius 3 is 2.11 bits per heavy atom. The van der Waals surface area contributed by atoms with Crippen molar-refractivity contribution in [2.24, 2.45) is 5.73 Å². The Kier molecular flexibility index (Phi) is 7.53. The van der Waals surface area contributed by atoms with Crippen LogP contribution in [-0.4, -0.2) is 14.2 Å². The molecule has 3 rings (SSSR count). The lowest BCUT2D eigenvalue weighted by Gasteiger charge is -2.16. The fourth-order valence-electron chi connectivity index (χ4n) is 2.79. The SMILES string of the molecule is COc1ccc(-c2ccc(CN)cc2OCc2ccccc2)c(OC)c1.Cl. The molecule has 2 N–H and O–H groups in total. The average molecular weight is 386 g/mol. The van der Waals surface area contributed by atoms with E-state index >= 15 is 0 Å². The fourth-order valence-corrected chi connectivity index (χ4v) is 2.79. The number of nitrogens with two attached hydrogens (primary N) is 1. The number of rotatable bonds is 7. The number of methoxy groups -OCH3 is 2. The molecule has 5 heteroatoms. The summed E-state index contributed by atoms with van der Waals surface area (Å²) in [5, 5.41) is 0. The van der Waals surface area contributed by atoms with Crippen LogP contribution in [-0.2, 0) is 13.2 Å². The van der Waals surface area contributed by atoms with E-state index in [9.17, 15) is 0 Å². The van der Waals surface area contributed by atoms with Gasteiger partial charge in [0, 0.05) is 23.7 Å². The maximum atomic E-state index is 6.13. The second kappa shape index (κ2) is 9.86. The van der Waals surface area contributed by atoms with Crippen molar-refractivity contribution in [3.63, 3.8) is 0 Å². The zero-order chi connectivity index (χ0) is 18.4. The van der Waals surface area contributed by atoms with Crippen LogP contribution >= 0.6 is 12.4 Å². The van der Waals surface area contributed by atoms with E-state index in [0.717, 1.165) is 39.5 Å². The van der Waals surface area contributed by atoms with Gasteiger partial charge in [-0.05, 0) is 29.3 Å². The standard InChI is InChI=1S/C22H23NO3.ClH/c1-24-18-9-11-19(21(13-18)25-2)20-10-8-17(14-23)12-22(20)26-15-16-6-4-3-5-7-16;/h3-13H,14-15,23H2,1-2H3;1H. The summed E-state index contributed by atoms with van der Waals surface area (Å²) in [6.07, 6.45) is 0. The van der Waals surface area contributed by atoms with Crippen LogP contribution in [0.2, 0.25) is 0 Å². The Bertz CT molecular complexity index is 869. The van der Waals surface area contributed by atoms with Gasteiger partial charge in [0.2, 0.25) is 0 Å². The number of hydrogen-bond acceptors (Lipinski definition) is 4. The van der Waals surface area contributed by atoms with Gasteiger partial charge in [-0.1, -0.05) is 42.5 Å². The van der Waals surface area contributed by atoms with Gasteiger partial charge in [-0.15, -0.1) is 12.4 Å². The highest BCUT2D eigenvalue weighted by Gasteiger charge is 2.13. The van der Waals surface area contributed by atoms with Gasteiger partial charge in [0.15, 0.2) is 0 Å². The van der Waals surface area contributed by atoms with Crippen molar-refractivity contribution in [3.8, 4) is 28.4 Å². The van der Waals surface area contributed by atoms with E-state index in [1.165, 1.54) is 0 Å². The third-order valence-electron chi connectivity index (χ3n) is 4.22. The van der Waals surface area contributed by atoms with E-state index in [1.54, 1.807) is 14.2 Å². The maximum absolute atomic E-state index is 6.13. The zero-order valence-electron chi connectivity index (χ0n) is 15.5. The normalized spacial score (nSPS) is 10.0. The Morgan fingerprint density at radius 1 is 0.741 bits per heavy atom. The zero-order valence-corrected chi connectivity index (χ0v) is 16.3. The quantitative estimate of drug-likeness (QED) is 0.632. The lowest BCUT2D eigenvalue weighted by molar-refractivity contribution is 0.307. The summed E-state index contributed by atoms with van der Waals surface area (Å²) in [6, 6.07) is 21.9. The van der Waals surface area contributed by atoms with E-state index in [4.69, 9.17) is 19.9 Å². The number of benzene rings is 3. The van der Waals surface area contributed by atoms with Crippen LogP contribution in [0, 0.1) is 0 Å². The van der Waals surface area contributed by atoms with Crippen molar-refractivity contribution in [2.75, 3.05) is 14.2 Å². The summed E-state index contributed by atoms with van der Waals surface area (Å²) in [5.41, 5.74) is 9.84. The highest BCUT2D eigenvalue weighted by molar-refractivity contribution is 5.85. The number of hydrogen-bond donors (Lipinski definition) is 1. The molecular formula is C22H24ClNO3. The lowest BCUT2D eigenvalue weighted by Crippen LogP contribution is -2.01. The van der Waals surface area contributed by atoms with E-state index in [1.807, 2.05) is 66.7 Å². The molecule has 0 saturated carbocycles. The summed E-state index contributed by atoms with van der Waals surface area (Å²) in [7, 11) is 3.29. The Labute approximate surface area is 166 Å². The van der Waals surface area contributed by atoms with E-state index in [-0.39, 0.29) is 12.4 Å². The van der Waals surface area contributed by atoms with Gasteiger partial charge in [0.1, 0.15) is 23.9 Å². The van der Waals surface area contributed by atoms with Gasteiger partial charge in [0.25, 0.3) is 0 Å². The predicted molar refractivity (Wildman–Crippen MR) is 111 cm³/mol. The van der Waals surface area contributed by atoms with Crippen molar-refractivity contribution in [3.05, 3.63) is 77.9 Å². The first-order chi connectivity index (χ1) is 12.7. The molecule has 0 bridgehead atoms. The minimum Gasteiger partial charge on any atom is -0.497 e. The highest BCUT2D eigenvalue weighted by atomic mass is 35.5. The molecule has 0 aliphatic carbocycles. The highest BCUT2D eigenvalue weighted by Crippen LogP contribution is 2.39. The first kappa shape index (κ1) is 20.6. The topological polar surface area (TPSA) is 53.7 Å². The monoisotopic (exact) mass is 385 g/mol. The van der Waals surface area contributed by atoms with Crippen LogP contribution < -0.4 is 19.9 Å². The number of halogens is 1. The molecule has 0 unspecified atom stereocenters. The van der Waals surface area contributed by atoms with Crippen LogP contribution in [0.4, 0.5) is 0 Å². The summed E-state index contributed by atoms with van der Waals surface area (Å²) in [6.45, 7) is 0.946. The largest absolute Gasteiger partial charge is 0.497 e. The molecule has 0 radical (unpaired) electrons. The van der Waals surface area contributed by atoms with Gasteiger partial charge >= 0.3 is 0 Å². The van der Waals surface area contributed by atoms with E-state index in [0.29, 0.717) is 13.2 Å². The van der Waals surface area contributed by atoms with Gasteiger partial charge in [0.05, 0.1) is 14.2 Å². The second-order valence-electron chi connectivity index (χ2n) is 5.88. The van der Waals surface area contributed by atoms with Crippen LogP contribution in [0.25, 0.3) is 11.1 Å². The molecule has 0 fully saturated rings. The Morgan fingerprint density at radius 2 is 1.44 bits per heavy atom. The molecule has 0 aliphatic heterocycles. The molecular weight excluding hydrogens is 362 g/mol. The molecule has 0 heterocycles. The molecule has 0 aromatic heterocycles. The summed E-state index contributed by atoms with van der Waals surface area (Å²) < 4.78 is 17.0. The van der Waals surface area contributed by atoms with E-state index in [2.05, 4.69) is 0 Å². The predicted octanol–water partition coefficient (Wildman–Crippen LogP) is 4.83. The molecule has 3 aromatic rings. The molecule has 0 aliphatic rings. The van der Waals surface area contributed by atoms with Gasteiger partial charge < -0.3 is 19.9 Å². The maximum Gasteiger partial charge on any atom is 0.130 e. The molecule has 142 valence electrons. The Hall–Kier alpha value is -2.69. The molecule has 27 heavy (non-hydrogen) atoms. The van der Waals surface area contributed by atoms with Crippen molar-refractivity contribution in [1.29, 1.82) is 0 Å². The van der Waals surface area contributed by atoms with E-state index < -0.39 is 0 Å². The Balaban J connectivity index is 0.00000261. The average Bonchev–Trinajstić information content (AvgIpc) is 2.72. The van der Waals surface area contributed by atoms with Gasteiger partial charge in [-0.25, -0.2) is 0 Å². The molecule has 0 amide bonds. The summed E-state index contributed by atoms with van der Waals surface area (Å²) in [4.78, 5) is 0. The third kappa shape index (κ3) is 4.94. The molecule has 0 saturated heterocycles. The molecule has 3 aromatic carbocycles. The first-order valence-electron chi connectivity index (χ1n) is 8.47. The van der Waals surface area contributed by atoms with Crippen LogP contribution in [0.15, 0.2) is 66.7 Å². The fraction of sp³-hybridized carbons (Fsp3) is 0.182. The van der Waals surface area contributed by atoms with Crippen LogP contribution in [0.5, 0.6) is 17.2 Å². The smallest absolute Gasteiger partial charge is 0.130 e. The summed E-state index contributed by atoms with van der Waals surface area (Å²) in [5.74, 6) is 2.26. The summed E-state index contributed by atoms with van der Waals surface area (Å²) >= 11 is 0. The molecule has 0 atom stereocenters. The van der Waals surface area contributed by atoms with Crippen molar-refractivity contribution >= 4 is 12.4 Å². The molecule has 0 spiro atoms. The lowest BCUT2D eigenvalue weighted by atomic mass is 10.0. The minimum atomic E-state index is 0. The minimum absolute atomic E-state index is 0. The first-order valence-corrected chi connectivity index (χ1v) is 8.47. The van der Waals surface area contributed by atoms with Gasteiger partial charge in [-0.3, -0.25) is 0 Å². The number of ether oxygens (including phenoxy) is 3. The van der Waals surface area contributed by atoms with Crippen molar-refractivity contribution in [2.45, 2.75) is 13.2 Å². The van der Waals surface area contributed by atoms with Crippen molar-refractivity contribution in [1.82, 2.24) is 0 Å².